The van der Waals surface area contributed by atoms with Crippen LogP contribution >= 0.6 is 0 Å². The number of hydrogen-bond donors (Lipinski definition) is 3. The maximum Gasteiger partial charge on any atom is 0.412 e. The minimum atomic E-state index is -0.638. The highest BCUT2D eigenvalue weighted by Gasteiger charge is 2.48. The van der Waals surface area contributed by atoms with Crippen LogP contribution in [-0.2, 0) is 14.3 Å². The summed E-state index contributed by atoms with van der Waals surface area (Å²) in [6.07, 6.45) is -0.893. The van der Waals surface area contributed by atoms with Gasteiger partial charge in [-0.15, -0.1) is 0 Å². The van der Waals surface area contributed by atoms with E-state index in [1.807, 2.05) is 18.2 Å². The largest absolute Gasteiger partial charge is 0.444 e. The molecule has 0 saturated carbocycles. The van der Waals surface area contributed by atoms with E-state index in [2.05, 4.69) is 16.0 Å². The molecule has 3 amide bonds. The first-order chi connectivity index (χ1) is 13.7. The molecule has 29 heavy (non-hydrogen) atoms. The highest BCUT2D eigenvalue weighted by Crippen LogP contribution is 2.27. The van der Waals surface area contributed by atoms with E-state index in [9.17, 15) is 14.4 Å². The van der Waals surface area contributed by atoms with Crippen molar-refractivity contribution in [3.05, 3.63) is 30.3 Å². The van der Waals surface area contributed by atoms with Crippen molar-refractivity contribution in [2.45, 2.75) is 51.0 Å². The molecule has 2 aliphatic rings. The summed E-state index contributed by atoms with van der Waals surface area (Å²) in [6.45, 7) is 6.11. The zero-order chi connectivity index (χ0) is 21.0. The molecule has 0 aliphatic carbocycles. The maximum absolute atomic E-state index is 12.7. The van der Waals surface area contributed by atoms with Crippen LogP contribution in [0.2, 0.25) is 0 Å². The number of rotatable bonds is 4. The van der Waals surface area contributed by atoms with Gasteiger partial charge in [0, 0.05) is 5.69 Å². The number of nitrogens with one attached hydrogen (secondary N) is 3. The number of likely N-dealkylation sites (tertiary alicyclic amines) is 1. The minimum absolute atomic E-state index is 0.0718. The summed E-state index contributed by atoms with van der Waals surface area (Å²) in [5.41, 5.74) is 0.00710. The van der Waals surface area contributed by atoms with E-state index in [-0.39, 0.29) is 31.1 Å². The summed E-state index contributed by atoms with van der Waals surface area (Å²) in [7, 11) is 0. The fraction of sp³-hybridized carbons (Fsp3) is 0.550. The second-order valence-corrected chi connectivity index (χ2v) is 8.17. The summed E-state index contributed by atoms with van der Waals surface area (Å²) in [6, 6.07) is 8.83. The quantitative estimate of drug-likeness (QED) is 0.705. The van der Waals surface area contributed by atoms with Gasteiger partial charge in [-0.2, -0.15) is 0 Å². The van der Waals surface area contributed by atoms with Crippen LogP contribution in [0.1, 0.15) is 27.2 Å². The van der Waals surface area contributed by atoms with Gasteiger partial charge in [0.05, 0.1) is 18.6 Å². The summed E-state index contributed by atoms with van der Waals surface area (Å²) in [5, 5.41) is 8.49. The number of alkyl carbamates (subject to hydrolysis) is 1. The number of para-hydroxylation sites is 1. The lowest BCUT2D eigenvalue weighted by Gasteiger charge is -2.24. The summed E-state index contributed by atoms with van der Waals surface area (Å²) in [4.78, 5) is 38.4. The Morgan fingerprint density at radius 1 is 1.17 bits per heavy atom. The number of fused-ring (bicyclic) bond motifs is 1. The van der Waals surface area contributed by atoms with Crippen molar-refractivity contribution >= 4 is 23.8 Å². The van der Waals surface area contributed by atoms with Crippen LogP contribution in [0.25, 0.3) is 0 Å². The van der Waals surface area contributed by atoms with E-state index in [4.69, 9.17) is 9.47 Å². The predicted octanol–water partition coefficient (Wildman–Crippen LogP) is 1.70. The van der Waals surface area contributed by atoms with Gasteiger partial charge in [0.2, 0.25) is 5.91 Å². The molecule has 2 aliphatic heterocycles. The highest BCUT2D eigenvalue weighted by molar-refractivity contribution is 5.85. The average molecular weight is 404 g/mol. The Bertz CT molecular complexity index is 749. The number of amides is 3. The maximum atomic E-state index is 12.7. The number of carbonyl (C=O) groups excluding carboxylic acids is 3. The molecule has 9 heteroatoms. The van der Waals surface area contributed by atoms with Gasteiger partial charge in [0.15, 0.2) is 0 Å². The molecular weight excluding hydrogens is 376 g/mol. The smallest absolute Gasteiger partial charge is 0.412 e. The third kappa shape index (κ3) is 5.60. The standard InChI is InChI=1S/C20H28N4O5/c1-20(2,3)29-18(26)22-11-16(25)24-12-15(17-14(24)9-10-21-17)28-19(27)23-13-7-5-4-6-8-13/h4-8,14-15,17,21H,9-12H2,1-3H3,(H,22,26)(H,23,27)/t14-,15+,17+/m1/s1. The molecule has 3 rings (SSSR count). The summed E-state index contributed by atoms with van der Waals surface area (Å²) in [5.74, 6) is -0.232. The average Bonchev–Trinajstić information content (AvgIpc) is 3.23. The first kappa shape index (κ1) is 20.9. The Labute approximate surface area is 170 Å². The SMILES string of the molecule is CC(C)(C)OC(=O)NCC(=O)N1C[C@H](OC(=O)Nc2ccccc2)[C@H]2NCC[C@H]21. The van der Waals surface area contributed by atoms with E-state index in [0.29, 0.717) is 5.69 Å². The predicted molar refractivity (Wildman–Crippen MR) is 106 cm³/mol. The molecule has 2 fully saturated rings. The van der Waals surface area contributed by atoms with Gasteiger partial charge in [-0.3, -0.25) is 10.1 Å². The molecule has 3 N–H and O–H groups in total. The molecule has 0 unspecified atom stereocenters. The fourth-order valence-corrected chi connectivity index (χ4v) is 3.65. The third-order valence-electron chi connectivity index (χ3n) is 4.79. The Kier molecular flexibility index (Phi) is 6.26. The Morgan fingerprint density at radius 3 is 2.59 bits per heavy atom. The van der Waals surface area contributed by atoms with Crippen molar-refractivity contribution in [1.82, 2.24) is 15.5 Å². The molecule has 1 aromatic rings. The molecule has 2 saturated heterocycles. The van der Waals surface area contributed by atoms with Crippen LogP contribution in [0, 0.1) is 0 Å². The molecule has 2 heterocycles. The lowest BCUT2D eigenvalue weighted by molar-refractivity contribution is -0.131. The zero-order valence-corrected chi connectivity index (χ0v) is 16.9. The lowest BCUT2D eigenvalue weighted by Crippen LogP contribution is -2.45. The molecule has 0 aromatic heterocycles. The molecule has 0 radical (unpaired) electrons. The number of benzene rings is 1. The van der Waals surface area contributed by atoms with Crippen LogP contribution in [0.15, 0.2) is 30.3 Å². The van der Waals surface area contributed by atoms with Crippen LogP contribution in [0.4, 0.5) is 15.3 Å². The second kappa shape index (κ2) is 8.69. The first-order valence-electron chi connectivity index (χ1n) is 9.75. The van der Waals surface area contributed by atoms with Crippen LogP contribution < -0.4 is 16.0 Å². The minimum Gasteiger partial charge on any atom is -0.444 e. The Morgan fingerprint density at radius 2 is 1.90 bits per heavy atom. The summed E-state index contributed by atoms with van der Waals surface area (Å²) >= 11 is 0. The van der Waals surface area contributed by atoms with Gasteiger partial charge in [-0.25, -0.2) is 9.59 Å². The van der Waals surface area contributed by atoms with Gasteiger partial charge in [-0.1, -0.05) is 18.2 Å². The molecule has 0 spiro atoms. The van der Waals surface area contributed by atoms with Crippen LogP contribution in [0.5, 0.6) is 0 Å². The third-order valence-corrected chi connectivity index (χ3v) is 4.79. The molecule has 3 atom stereocenters. The Balaban J connectivity index is 1.54. The van der Waals surface area contributed by atoms with E-state index in [1.165, 1.54) is 0 Å². The monoisotopic (exact) mass is 404 g/mol. The van der Waals surface area contributed by atoms with Crippen LogP contribution in [0.3, 0.4) is 0 Å². The molecular formula is C20H28N4O5. The van der Waals surface area contributed by atoms with Gasteiger partial charge in [-0.05, 0) is 45.9 Å². The van der Waals surface area contributed by atoms with Gasteiger partial charge >= 0.3 is 12.2 Å². The van der Waals surface area contributed by atoms with E-state index < -0.39 is 23.9 Å². The van der Waals surface area contributed by atoms with Crippen molar-refractivity contribution in [2.24, 2.45) is 0 Å². The van der Waals surface area contributed by atoms with Gasteiger partial charge in [0.1, 0.15) is 18.2 Å². The first-order valence-corrected chi connectivity index (χ1v) is 9.75. The number of hydrogen-bond acceptors (Lipinski definition) is 6. The van der Waals surface area contributed by atoms with Crippen molar-refractivity contribution in [3.8, 4) is 0 Å². The van der Waals surface area contributed by atoms with Gasteiger partial charge < -0.3 is 25.0 Å². The molecule has 0 bridgehead atoms. The van der Waals surface area contributed by atoms with Crippen molar-refractivity contribution in [2.75, 3.05) is 25.0 Å². The van der Waals surface area contributed by atoms with Gasteiger partial charge in [0.25, 0.3) is 0 Å². The summed E-state index contributed by atoms with van der Waals surface area (Å²) < 4.78 is 10.7. The van der Waals surface area contributed by atoms with Crippen LogP contribution in [-0.4, -0.2) is 66.4 Å². The van der Waals surface area contributed by atoms with Crippen molar-refractivity contribution < 1.29 is 23.9 Å². The number of carbonyl (C=O) groups is 3. The van der Waals surface area contributed by atoms with E-state index >= 15 is 0 Å². The van der Waals surface area contributed by atoms with Crippen molar-refractivity contribution in [1.29, 1.82) is 0 Å². The normalized spacial score (nSPS) is 23.3. The topological polar surface area (TPSA) is 109 Å². The van der Waals surface area contributed by atoms with E-state index in [0.717, 1.165) is 13.0 Å². The molecule has 9 nitrogen and oxygen atoms in total. The lowest BCUT2D eigenvalue weighted by atomic mass is 10.1. The van der Waals surface area contributed by atoms with E-state index in [1.54, 1.807) is 37.8 Å². The second-order valence-electron chi connectivity index (χ2n) is 8.17. The number of nitrogens with zero attached hydrogens (tertiary/aromatic N) is 1. The fourth-order valence-electron chi connectivity index (χ4n) is 3.65. The zero-order valence-electron chi connectivity index (χ0n) is 16.9. The number of anilines is 1. The number of ether oxygens (including phenoxy) is 2. The Hall–Kier alpha value is -2.81. The molecule has 1 aromatic carbocycles. The highest BCUT2D eigenvalue weighted by atomic mass is 16.6. The molecule has 158 valence electrons. The van der Waals surface area contributed by atoms with Crippen molar-refractivity contribution in [3.63, 3.8) is 0 Å².